The number of nitrogens with zero attached hydrogens (tertiary/aromatic N) is 6. The number of fused-ring (bicyclic) bond motifs is 1. The van der Waals surface area contributed by atoms with Gasteiger partial charge in [-0.1, -0.05) is 11.4 Å². The van der Waals surface area contributed by atoms with E-state index in [0.29, 0.717) is 6.42 Å². The van der Waals surface area contributed by atoms with Crippen molar-refractivity contribution < 1.29 is 66.3 Å². The molecule has 2 fully saturated rings. The Kier molecular flexibility index (Phi) is 14.3. The van der Waals surface area contributed by atoms with Crippen LogP contribution in [0.3, 0.4) is 0 Å². The molecular formula is C29H41N9O15P2S. The minimum absolute atomic E-state index is 0.0177. The van der Waals surface area contributed by atoms with Gasteiger partial charge >= 0.3 is 27.3 Å². The summed E-state index contributed by atoms with van der Waals surface area (Å²) in [5.74, 6) is -1.51. The Balaban J connectivity index is 1.37. The molecule has 1 amide bonds. The van der Waals surface area contributed by atoms with Crippen LogP contribution >= 0.6 is 27.0 Å². The van der Waals surface area contributed by atoms with Crippen molar-refractivity contribution in [3.63, 3.8) is 0 Å². The number of aromatic nitrogens is 6. The lowest BCUT2D eigenvalue weighted by molar-refractivity contribution is -0.159. The van der Waals surface area contributed by atoms with Crippen molar-refractivity contribution in [2.24, 2.45) is 0 Å². The number of carbonyl (C=O) groups is 2. The average molecular weight is 850 g/mol. The van der Waals surface area contributed by atoms with Gasteiger partial charge in [0.15, 0.2) is 23.8 Å². The summed E-state index contributed by atoms with van der Waals surface area (Å²) >= 11 is 0.797. The second kappa shape index (κ2) is 18.5. The van der Waals surface area contributed by atoms with Crippen LogP contribution in [0.5, 0.6) is 0 Å². The molecule has 0 bridgehead atoms. The summed E-state index contributed by atoms with van der Waals surface area (Å²) in [5.41, 5.74) is 10.9. The van der Waals surface area contributed by atoms with E-state index in [1.807, 2.05) is 0 Å². The zero-order chi connectivity index (χ0) is 40.8. The Morgan fingerprint density at radius 3 is 2.59 bits per heavy atom. The smallest absolute Gasteiger partial charge is 0.455 e. The summed E-state index contributed by atoms with van der Waals surface area (Å²) in [6.45, 7) is 1.88. The predicted octanol–water partition coefficient (Wildman–Crippen LogP) is -0.945. The predicted molar refractivity (Wildman–Crippen MR) is 197 cm³/mol. The lowest BCUT2D eigenvalue weighted by Gasteiger charge is -2.25. The number of imidazole rings is 1. The number of anilines is 2. The number of esters is 1. The molecule has 9 N–H and O–H groups in total. The minimum atomic E-state index is -5.19. The highest BCUT2D eigenvalue weighted by Crippen LogP contribution is 2.50. The molecule has 5 rings (SSSR count). The van der Waals surface area contributed by atoms with Crippen LogP contribution in [-0.2, 0) is 46.5 Å². The monoisotopic (exact) mass is 849 g/mol. The number of amides is 1. The van der Waals surface area contributed by atoms with E-state index in [2.05, 4.69) is 36.4 Å². The van der Waals surface area contributed by atoms with Crippen LogP contribution in [0.15, 0.2) is 42.4 Å². The van der Waals surface area contributed by atoms with E-state index in [4.69, 9.17) is 34.7 Å². The molecule has 9 atom stereocenters. The molecule has 5 heterocycles. The molecule has 2 aliphatic rings. The maximum atomic E-state index is 13.6. The van der Waals surface area contributed by atoms with Gasteiger partial charge in [-0.05, 0) is 18.7 Å². The molecule has 0 saturated carbocycles. The molecule has 0 radical (unpaired) electrons. The molecular weight excluding hydrogens is 808 g/mol. The minimum Gasteiger partial charge on any atom is -0.455 e. The molecule has 0 aliphatic carbocycles. The lowest BCUT2D eigenvalue weighted by Crippen LogP contribution is -2.46. The lowest BCUT2D eigenvalue weighted by atomic mass is 10.1. The highest BCUT2D eigenvalue weighted by molar-refractivity contribution is 7.96. The number of thiol groups is 1. The number of nitrogen functional groups attached to an aromatic ring is 2. The first-order chi connectivity index (χ1) is 26.5. The molecule has 0 aromatic carbocycles. The second-order valence-electron chi connectivity index (χ2n) is 12.3. The molecule has 27 heteroatoms. The Morgan fingerprint density at radius 2 is 1.89 bits per heavy atom. The number of aliphatic hydroxyl groups excluding tert-OH is 1. The molecule has 3 aromatic rings. The quantitative estimate of drug-likeness (QED) is 0.0252. The number of allylic oxidation sites excluding steroid dienone is 1. The van der Waals surface area contributed by atoms with Gasteiger partial charge in [-0.3, -0.25) is 27.5 Å². The van der Waals surface area contributed by atoms with E-state index in [-0.39, 0.29) is 42.1 Å². The number of rotatable bonds is 18. The number of hydrogen-bond donors (Lipinski definition) is 8. The summed E-state index contributed by atoms with van der Waals surface area (Å²) in [5, 5.41) is 15.8. The highest BCUT2D eigenvalue weighted by Gasteiger charge is 2.50. The van der Waals surface area contributed by atoms with E-state index in [1.165, 1.54) is 29.2 Å². The topological polar surface area (TPSA) is 347 Å². The van der Waals surface area contributed by atoms with Crippen molar-refractivity contribution >= 4 is 67.0 Å². The largest absolute Gasteiger partial charge is 0.472 e. The first-order valence-corrected chi connectivity index (χ1v) is 21.1. The average Bonchev–Trinajstić information content (AvgIpc) is 3.82. The second-order valence-corrected chi connectivity index (χ2v) is 15.8. The van der Waals surface area contributed by atoms with Crippen molar-refractivity contribution in [3.05, 3.63) is 48.1 Å². The van der Waals surface area contributed by atoms with E-state index in [1.54, 1.807) is 11.6 Å². The molecule has 3 aromatic heterocycles. The third-order valence-electron chi connectivity index (χ3n) is 8.36. The molecule has 24 nitrogen and oxygen atoms in total. The number of ether oxygens (including phenoxy) is 3. The van der Waals surface area contributed by atoms with Gasteiger partial charge in [-0.15, -0.1) is 6.58 Å². The van der Waals surface area contributed by atoms with Gasteiger partial charge < -0.3 is 50.8 Å². The van der Waals surface area contributed by atoms with Crippen molar-refractivity contribution in [2.75, 3.05) is 30.9 Å². The summed E-state index contributed by atoms with van der Waals surface area (Å²) in [4.78, 5) is 83.7. The van der Waals surface area contributed by atoms with Gasteiger partial charge in [-0.2, -0.15) is 4.98 Å². The van der Waals surface area contributed by atoms with Gasteiger partial charge in [0, 0.05) is 25.5 Å². The number of nitrogens with two attached hydrogens (primary N) is 2. The number of aliphatic hydroxyl groups is 1. The van der Waals surface area contributed by atoms with Crippen LogP contribution in [0.1, 0.15) is 38.1 Å². The van der Waals surface area contributed by atoms with E-state index >= 15 is 0 Å². The van der Waals surface area contributed by atoms with Crippen molar-refractivity contribution in [3.8, 4) is 0 Å². The molecule has 56 heavy (non-hydrogen) atoms. The maximum absolute atomic E-state index is 13.6. The first-order valence-electron chi connectivity index (χ1n) is 16.6. The van der Waals surface area contributed by atoms with Crippen molar-refractivity contribution in [2.45, 2.75) is 74.7 Å². The van der Waals surface area contributed by atoms with Crippen LogP contribution in [0, 0.1) is 0 Å². The zero-order valence-electron chi connectivity index (χ0n) is 29.5. The summed E-state index contributed by atoms with van der Waals surface area (Å²) < 4.78 is 59.7. The van der Waals surface area contributed by atoms with E-state index < -0.39 is 95.4 Å². The zero-order valence-corrected chi connectivity index (χ0v) is 32.2. The van der Waals surface area contributed by atoms with Crippen LogP contribution < -0.4 is 22.5 Å². The molecule has 2 saturated heterocycles. The first kappa shape index (κ1) is 43.2. The Bertz CT molecular complexity index is 2080. The molecule has 0 spiro atoms. The van der Waals surface area contributed by atoms with Crippen LogP contribution in [-0.4, -0.2) is 122 Å². The molecule has 2 aliphatic heterocycles. The maximum Gasteiger partial charge on any atom is 0.472 e. The molecule has 308 valence electrons. The normalized spacial score (nSPS) is 25.8. The van der Waals surface area contributed by atoms with E-state index in [0.717, 1.165) is 22.2 Å². The number of carbonyl (C=O) groups excluding carboxylic acids is 2. The van der Waals surface area contributed by atoms with Gasteiger partial charge in [0.05, 0.1) is 19.5 Å². The van der Waals surface area contributed by atoms with Gasteiger partial charge in [0.25, 0.3) is 0 Å². The third kappa shape index (κ3) is 10.9. The van der Waals surface area contributed by atoms with E-state index in [9.17, 15) is 43.3 Å². The van der Waals surface area contributed by atoms with Crippen LogP contribution in [0.2, 0.25) is 0 Å². The number of nitrogens with one attached hydrogen (secondary N) is 1. The fourth-order valence-corrected chi connectivity index (χ4v) is 7.47. The Morgan fingerprint density at radius 1 is 1.14 bits per heavy atom. The molecule has 2 unspecified atom stereocenters. The third-order valence-corrected chi connectivity index (χ3v) is 10.4. The summed E-state index contributed by atoms with van der Waals surface area (Å²) in [6, 6.07) is 0.0925. The van der Waals surface area contributed by atoms with Crippen LogP contribution in [0.4, 0.5) is 11.6 Å². The Hall–Kier alpha value is -3.97. The van der Waals surface area contributed by atoms with Crippen molar-refractivity contribution in [1.29, 1.82) is 0 Å². The summed E-state index contributed by atoms with van der Waals surface area (Å²) in [7, 11) is -10.2. The van der Waals surface area contributed by atoms with Gasteiger partial charge in [0.2, 0.25) is 5.91 Å². The fourth-order valence-electron chi connectivity index (χ4n) is 5.74. The number of hydrogen-bond acceptors (Lipinski definition) is 18. The number of phosphoric ester groups is 2. The highest BCUT2D eigenvalue weighted by atomic mass is 32.1. The Labute approximate surface area is 320 Å². The van der Waals surface area contributed by atoms with Crippen LogP contribution in [0.25, 0.3) is 11.2 Å². The van der Waals surface area contributed by atoms with Gasteiger partial charge in [0.1, 0.15) is 54.3 Å². The summed E-state index contributed by atoms with van der Waals surface area (Å²) in [6.07, 6.45) is -3.17. The fraction of sp³-hybridized carbons (Fsp3) is 0.517. The standard InChI is InChI=1S/C29H41N9O15P2S/c1-3-4-5-20(39)35-15(7-9-56-2)28(41)52-24-18(51-27(23(24)40)38-14-34-22-25(31)32-13-33-26(22)38)12-49-55(46,47)53-16-10-21(37-8-6-19(30)36-29(37)42)50-17(16)11-48-54(43,44)45/h3,6,8-9,13-18,21,23-24,27,40,56H,1,4-5,7,10-12H2,2H3,(H,35,39)(H,46,47)(H2,30,36,42)(H2,31,32,33)(H2,43,44,45)/t15?,16-,17+,18-,21+,23+,24+,27+/m0/s1. The van der Waals surface area contributed by atoms with Crippen molar-refractivity contribution in [1.82, 2.24) is 34.4 Å². The SMILES string of the molecule is C=CCCC(=O)NC(CC=[SH]C)C(=O)O[C@H]1[C@@H](O)[C@H](n2cnc3c(N)ncnc32)O[C@H]1COP(=O)(O)O[C@H]1C[C@H](n2ccc(N)nc2=O)O[C@@H]1COP(=O)(O)O. The van der Waals surface area contributed by atoms with Gasteiger partial charge in [-0.25, -0.2) is 45.0 Å². The number of phosphoric acid groups is 2.